The van der Waals surface area contributed by atoms with Crippen LogP contribution in [0.1, 0.15) is 12.0 Å². The largest absolute Gasteiger partial charge is 0.493 e. The second-order valence-electron chi connectivity index (χ2n) is 5.21. The summed E-state index contributed by atoms with van der Waals surface area (Å²) in [7, 11) is 0. The lowest BCUT2D eigenvalue weighted by atomic mass is 10.2. The van der Waals surface area contributed by atoms with Crippen molar-refractivity contribution >= 4 is 34.1 Å². The number of hydrogen-bond donors (Lipinski definition) is 1. The van der Waals surface area contributed by atoms with Gasteiger partial charge in [0.1, 0.15) is 11.6 Å². The summed E-state index contributed by atoms with van der Waals surface area (Å²) in [5.74, 6) is 0.752. The summed E-state index contributed by atoms with van der Waals surface area (Å²) in [5, 5.41) is 11.1. The standard InChI is InChI=1S/C18H16FN3O2S2/c19-15-9-5-4-6-13(15)12-25-18-22-21-17(26-18)20-16(23)10-11-24-14-7-2-1-3-8-14/h1-9H,10-12H2,(H,20,21,23). The molecule has 8 heteroatoms. The molecule has 1 heterocycles. The summed E-state index contributed by atoms with van der Waals surface area (Å²) in [6, 6.07) is 15.9. The number of nitrogens with zero attached hydrogens (tertiary/aromatic N) is 2. The van der Waals surface area contributed by atoms with E-state index in [0.717, 1.165) is 5.75 Å². The van der Waals surface area contributed by atoms with Crippen LogP contribution in [-0.4, -0.2) is 22.7 Å². The Balaban J connectivity index is 1.43. The van der Waals surface area contributed by atoms with Crippen molar-refractivity contribution < 1.29 is 13.9 Å². The highest BCUT2D eigenvalue weighted by Crippen LogP contribution is 2.29. The number of thioether (sulfide) groups is 1. The van der Waals surface area contributed by atoms with E-state index < -0.39 is 0 Å². The maximum absolute atomic E-state index is 13.6. The fourth-order valence-corrected chi connectivity index (χ4v) is 3.79. The molecule has 0 unspecified atom stereocenters. The Morgan fingerprint density at radius 3 is 2.69 bits per heavy atom. The van der Waals surface area contributed by atoms with Gasteiger partial charge in [-0.2, -0.15) is 0 Å². The second-order valence-corrected chi connectivity index (χ2v) is 7.41. The van der Waals surface area contributed by atoms with Gasteiger partial charge in [0.15, 0.2) is 4.34 Å². The molecule has 3 rings (SSSR count). The molecule has 3 aromatic rings. The van der Waals surface area contributed by atoms with Crippen LogP contribution in [-0.2, 0) is 10.5 Å². The highest BCUT2D eigenvalue weighted by Gasteiger charge is 2.10. The van der Waals surface area contributed by atoms with Crippen LogP contribution < -0.4 is 10.1 Å². The molecule has 2 aromatic carbocycles. The van der Waals surface area contributed by atoms with Gasteiger partial charge in [-0.1, -0.05) is 59.5 Å². The van der Waals surface area contributed by atoms with Crippen LogP contribution in [0.2, 0.25) is 0 Å². The topological polar surface area (TPSA) is 64.1 Å². The molecule has 0 fully saturated rings. The Morgan fingerprint density at radius 1 is 1.12 bits per heavy atom. The Bertz CT molecular complexity index is 858. The lowest BCUT2D eigenvalue weighted by molar-refractivity contribution is -0.116. The second kappa shape index (κ2) is 9.30. The van der Waals surface area contributed by atoms with Gasteiger partial charge in [-0.15, -0.1) is 10.2 Å². The molecule has 0 spiro atoms. The van der Waals surface area contributed by atoms with Crippen molar-refractivity contribution in [1.82, 2.24) is 10.2 Å². The Labute approximate surface area is 158 Å². The van der Waals surface area contributed by atoms with Crippen molar-refractivity contribution in [2.75, 3.05) is 11.9 Å². The molecule has 5 nitrogen and oxygen atoms in total. The SMILES string of the molecule is O=C(CCOc1ccccc1)Nc1nnc(SCc2ccccc2F)s1. The number of carbonyl (C=O) groups is 1. The lowest BCUT2D eigenvalue weighted by Gasteiger charge is -2.05. The number of benzene rings is 2. The summed E-state index contributed by atoms with van der Waals surface area (Å²) in [6.07, 6.45) is 0.214. The number of nitrogens with one attached hydrogen (secondary N) is 1. The normalized spacial score (nSPS) is 10.5. The Hall–Kier alpha value is -2.45. The third kappa shape index (κ3) is 5.53. The minimum Gasteiger partial charge on any atom is -0.493 e. The van der Waals surface area contributed by atoms with Gasteiger partial charge < -0.3 is 10.1 Å². The van der Waals surface area contributed by atoms with Crippen LogP contribution >= 0.6 is 23.1 Å². The van der Waals surface area contributed by atoms with E-state index in [0.29, 0.717) is 20.8 Å². The molecule has 0 atom stereocenters. The summed E-state index contributed by atoms with van der Waals surface area (Å²) in [5.41, 5.74) is 0.608. The molecule has 134 valence electrons. The van der Waals surface area contributed by atoms with Crippen molar-refractivity contribution in [3.8, 4) is 5.75 Å². The summed E-state index contributed by atoms with van der Waals surface area (Å²) < 4.78 is 19.8. The van der Waals surface area contributed by atoms with E-state index in [1.165, 1.54) is 29.2 Å². The van der Waals surface area contributed by atoms with Crippen molar-refractivity contribution in [2.24, 2.45) is 0 Å². The zero-order valence-electron chi connectivity index (χ0n) is 13.7. The van der Waals surface area contributed by atoms with E-state index in [-0.39, 0.29) is 24.8 Å². The number of hydrogen-bond acceptors (Lipinski definition) is 6. The zero-order valence-corrected chi connectivity index (χ0v) is 15.4. The quantitative estimate of drug-likeness (QED) is 0.458. The molecule has 0 aliphatic rings. The number of ether oxygens (including phenoxy) is 1. The first-order valence-electron chi connectivity index (χ1n) is 7.88. The Morgan fingerprint density at radius 2 is 1.88 bits per heavy atom. The van der Waals surface area contributed by atoms with E-state index in [1.54, 1.807) is 18.2 Å². The maximum Gasteiger partial charge on any atom is 0.229 e. The average Bonchev–Trinajstić information content (AvgIpc) is 3.09. The number of aromatic nitrogens is 2. The van der Waals surface area contributed by atoms with Crippen molar-refractivity contribution in [3.63, 3.8) is 0 Å². The van der Waals surface area contributed by atoms with Gasteiger partial charge >= 0.3 is 0 Å². The van der Waals surface area contributed by atoms with Crippen LogP contribution in [0.3, 0.4) is 0 Å². The number of para-hydroxylation sites is 1. The monoisotopic (exact) mass is 389 g/mol. The first-order valence-corrected chi connectivity index (χ1v) is 9.68. The molecule has 1 amide bonds. The van der Waals surface area contributed by atoms with E-state index in [4.69, 9.17) is 4.74 Å². The van der Waals surface area contributed by atoms with Gasteiger partial charge in [0.25, 0.3) is 0 Å². The molecule has 1 aromatic heterocycles. The van der Waals surface area contributed by atoms with E-state index >= 15 is 0 Å². The summed E-state index contributed by atoms with van der Waals surface area (Å²) >= 11 is 2.64. The number of halogens is 1. The van der Waals surface area contributed by atoms with E-state index in [1.807, 2.05) is 30.3 Å². The van der Waals surface area contributed by atoms with Crippen molar-refractivity contribution in [3.05, 3.63) is 66.0 Å². The molecule has 1 N–H and O–H groups in total. The van der Waals surface area contributed by atoms with Gasteiger partial charge in [0, 0.05) is 5.75 Å². The molecule has 0 bridgehead atoms. The number of anilines is 1. The van der Waals surface area contributed by atoms with Gasteiger partial charge in [0.05, 0.1) is 13.0 Å². The Kier molecular flexibility index (Phi) is 6.56. The zero-order chi connectivity index (χ0) is 18.2. The maximum atomic E-state index is 13.6. The molecule has 0 aliphatic heterocycles. The first kappa shape index (κ1) is 18.3. The van der Waals surface area contributed by atoms with E-state index in [9.17, 15) is 9.18 Å². The molecular formula is C18H16FN3O2S2. The molecule has 0 radical (unpaired) electrons. The lowest BCUT2D eigenvalue weighted by Crippen LogP contribution is -2.15. The highest BCUT2D eigenvalue weighted by molar-refractivity contribution is 8.00. The van der Waals surface area contributed by atoms with Crippen LogP contribution in [0.25, 0.3) is 0 Å². The van der Waals surface area contributed by atoms with Crippen molar-refractivity contribution in [1.29, 1.82) is 0 Å². The van der Waals surface area contributed by atoms with Crippen LogP contribution in [0.4, 0.5) is 9.52 Å². The molecular weight excluding hydrogens is 373 g/mol. The first-order chi connectivity index (χ1) is 12.7. The minimum absolute atomic E-state index is 0.192. The van der Waals surface area contributed by atoms with Gasteiger partial charge in [-0.3, -0.25) is 4.79 Å². The third-order valence-corrected chi connectivity index (χ3v) is 5.32. The van der Waals surface area contributed by atoms with Crippen LogP contribution in [0, 0.1) is 5.82 Å². The van der Waals surface area contributed by atoms with Gasteiger partial charge in [-0.05, 0) is 23.8 Å². The van der Waals surface area contributed by atoms with Gasteiger partial charge in [0.2, 0.25) is 11.0 Å². The van der Waals surface area contributed by atoms with Gasteiger partial charge in [-0.25, -0.2) is 4.39 Å². The third-order valence-electron chi connectivity index (χ3n) is 3.30. The number of rotatable bonds is 8. The van der Waals surface area contributed by atoms with Crippen LogP contribution in [0.5, 0.6) is 5.75 Å². The number of amides is 1. The number of carbonyl (C=O) groups excluding carboxylic acids is 1. The fraction of sp³-hybridized carbons (Fsp3) is 0.167. The minimum atomic E-state index is -0.239. The van der Waals surface area contributed by atoms with Crippen LogP contribution in [0.15, 0.2) is 58.9 Å². The van der Waals surface area contributed by atoms with Crippen molar-refractivity contribution in [2.45, 2.75) is 16.5 Å². The molecule has 0 saturated carbocycles. The molecule has 0 saturated heterocycles. The summed E-state index contributed by atoms with van der Waals surface area (Å²) in [4.78, 5) is 11.9. The fourth-order valence-electron chi connectivity index (χ4n) is 2.03. The predicted molar refractivity (Wildman–Crippen MR) is 101 cm³/mol. The average molecular weight is 389 g/mol. The predicted octanol–water partition coefficient (Wildman–Crippen LogP) is 4.38. The molecule has 26 heavy (non-hydrogen) atoms. The smallest absolute Gasteiger partial charge is 0.229 e. The molecule has 0 aliphatic carbocycles. The highest BCUT2D eigenvalue weighted by atomic mass is 32.2. The van der Waals surface area contributed by atoms with E-state index in [2.05, 4.69) is 15.5 Å². The summed E-state index contributed by atoms with van der Waals surface area (Å²) in [6.45, 7) is 0.281.